The molecule has 1 unspecified atom stereocenters. The van der Waals surface area contributed by atoms with Crippen molar-refractivity contribution in [3.63, 3.8) is 0 Å². The van der Waals surface area contributed by atoms with E-state index in [9.17, 15) is 0 Å². The molecule has 1 aliphatic rings. The fourth-order valence-electron chi connectivity index (χ4n) is 3.01. The van der Waals surface area contributed by atoms with Gasteiger partial charge in [-0.2, -0.15) is 25.3 Å². The number of rotatable bonds is 8. The lowest BCUT2D eigenvalue weighted by Crippen LogP contribution is -3.13. The van der Waals surface area contributed by atoms with Crippen LogP contribution in [0.1, 0.15) is 32.1 Å². The van der Waals surface area contributed by atoms with Crippen molar-refractivity contribution in [2.75, 3.05) is 91.5 Å². The summed E-state index contributed by atoms with van der Waals surface area (Å²) in [5.41, 5.74) is 0. The third kappa shape index (κ3) is 17.3. The lowest BCUT2D eigenvalue weighted by atomic mass is 10.1. The molecule has 1 fully saturated rings. The molecule has 1 N–H and O–H groups in total. The summed E-state index contributed by atoms with van der Waals surface area (Å²) in [5.74, 6) is 0.927. The highest BCUT2D eigenvalue weighted by atomic mass is 32.1. The van der Waals surface area contributed by atoms with Gasteiger partial charge in [-0.25, -0.2) is 0 Å². The lowest BCUT2D eigenvalue weighted by Gasteiger charge is -2.20. The van der Waals surface area contributed by atoms with Crippen LogP contribution in [0.3, 0.4) is 0 Å². The second-order valence-electron chi connectivity index (χ2n) is 7.08. The largest absolute Gasteiger partial charge is 0.377 e. The maximum atomic E-state index is 5.73. The maximum absolute atomic E-state index is 5.73. The molecule has 1 atom stereocenters. The van der Waals surface area contributed by atoms with Crippen LogP contribution in [-0.4, -0.2) is 96.7 Å². The van der Waals surface area contributed by atoms with E-state index >= 15 is 0 Å². The van der Waals surface area contributed by atoms with Gasteiger partial charge in [-0.15, -0.1) is 0 Å². The second-order valence-corrected chi connectivity index (χ2v) is 8.25. The predicted molar refractivity (Wildman–Crippen MR) is 119 cm³/mol. The van der Waals surface area contributed by atoms with Crippen molar-refractivity contribution >= 4 is 25.3 Å². The van der Waals surface area contributed by atoms with Gasteiger partial charge in [0.2, 0.25) is 0 Å². The molecule has 0 aromatic carbocycles. The zero-order valence-corrected chi connectivity index (χ0v) is 19.2. The van der Waals surface area contributed by atoms with E-state index in [0.29, 0.717) is 58.1 Å². The minimum atomic E-state index is 0.499. The van der Waals surface area contributed by atoms with Crippen LogP contribution in [-0.2, 0) is 23.7 Å². The van der Waals surface area contributed by atoms with Crippen LogP contribution in [0.2, 0.25) is 0 Å². The molecule has 0 saturated carbocycles. The summed E-state index contributed by atoms with van der Waals surface area (Å²) < 4.78 is 27.9. The van der Waals surface area contributed by atoms with Crippen LogP contribution in [0, 0.1) is 0 Å². The van der Waals surface area contributed by atoms with Gasteiger partial charge < -0.3 is 28.6 Å². The molecule has 28 heavy (non-hydrogen) atoms. The number of hydrogen-bond acceptors (Lipinski definition) is 7. The maximum Gasteiger partial charge on any atom is 0.101 e. The van der Waals surface area contributed by atoms with Crippen molar-refractivity contribution in [1.82, 2.24) is 0 Å². The summed E-state index contributed by atoms with van der Waals surface area (Å²) >= 11 is 8.89. The number of hydrogen-bond donors (Lipinski definition) is 3. The minimum Gasteiger partial charge on any atom is -0.377 e. The van der Waals surface area contributed by atoms with E-state index in [4.69, 9.17) is 23.7 Å². The quantitative estimate of drug-likeness (QED) is 0.391. The summed E-state index contributed by atoms with van der Waals surface area (Å²) in [6.07, 6.45) is 6.04. The molecular weight excluding hydrogens is 398 g/mol. The van der Waals surface area contributed by atoms with Crippen molar-refractivity contribution in [1.29, 1.82) is 0 Å². The lowest BCUT2D eigenvalue weighted by molar-refractivity contribution is -0.901. The van der Waals surface area contributed by atoms with Gasteiger partial charge >= 0.3 is 0 Å². The summed E-state index contributed by atoms with van der Waals surface area (Å²) in [5, 5.41) is 0.499. The van der Waals surface area contributed by atoms with Gasteiger partial charge in [0, 0.05) is 5.25 Å². The smallest absolute Gasteiger partial charge is 0.101 e. The second kappa shape index (κ2) is 20.7. The first kappa shape index (κ1) is 26.5. The molecule has 1 aliphatic heterocycles. The highest BCUT2D eigenvalue weighted by molar-refractivity contribution is 7.81. The molecule has 0 aromatic heterocycles. The molecule has 168 valence electrons. The Morgan fingerprint density at radius 3 is 1.54 bits per heavy atom. The number of ether oxygens (including phenoxy) is 5. The minimum absolute atomic E-state index is 0.499. The number of thiol groups is 2. The Kier molecular flexibility index (Phi) is 19.6. The molecule has 0 spiro atoms. The highest BCUT2D eigenvalue weighted by Crippen LogP contribution is 2.12. The van der Waals surface area contributed by atoms with Crippen molar-refractivity contribution in [2.24, 2.45) is 0 Å². The average molecular weight is 441 g/mol. The SMILES string of the molecule is SCCC(S)CCCCC[NH+]1CCOCCOCCOCCOCCOCC1. The monoisotopic (exact) mass is 440 g/mol. The number of quaternary nitrogens is 1. The Balaban J connectivity index is 2.20. The summed E-state index contributed by atoms with van der Waals surface area (Å²) in [6, 6.07) is 0. The van der Waals surface area contributed by atoms with Gasteiger partial charge in [-0.3, -0.25) is 0 Å². The van der Waals surface area contributed by atoms with E-state index in [1.807, 2.05) is 0 Å². The van der Waals surface area contributed by atoms with E-state index < -0.39 is 0 Å². The molecule has 0 aliphatic carbocycles. The number of nitrogens with one attached hydrogen (secondary N) is 1. The molecule has 0 aromatic rings. The Morgan fingerprint density at radius 2 is 1.07 bits per heavy atom. The third-order valence-corrected chi connectivity index (χ3v) is 5.49. The molecule has 0 radical (unpaired) electrons. The van der Waals surface area contributed by atoms with E-state index in [0.717, 1.165) is 38.5 Å². The van der Waals surface area contributed by atoms with Gasteiger partial charge in [0.25, 0.3) is 0 Å². The summed E-state index contributed by atoms with van der Waals surface area (Å²) in [6.45, 7) is 9.64. The first-order valence-electron chi connectivity index (χ1n) is 10.8. The molecule has 6 nitrogen and oxygen atoms in total. The zero-order chi connectivity index (χ0) is 20.1. The average Bonchev–Trinajstić information content (AvgIpc) is 2.69. The topological polar surface area (TPSA) is 50.6 Å². The Bertz CT molecular complexity index is 311. The standard InChI is InChI=1S/C20H41NO5S2/c27-19-5-20(28)4-2-1-3-6-21-7-9-22-11-13-24-15-17-26-18-16-25-14-12-23-10-8-21/h20,27-28H,1-19H2/p+1. The van der Waals surface area contributed by atoms with Crippen LogP contribution in [0.5, 0.6) is 0 Å². The van der Waals surface area contributed by atoms with Crippen LogP contribution in [0.25, 0.3) is 0 Å². The summed E-state index contributed by atoms with van der Waals surface area (Å²) in [4.78, 5) is 1.55. The first-order valence-corrected chi connectivity index (χ1v) is 12.0. The molecule has 1 rings (SSSR count). The van der Waals surface area contributed by atoms with Gasteiger partial charge in [0.05, 0.1) is 72.6 Å². The van der Waals surface area contributed by atoms with E-state index in [1.165, 1.54) is 32.2 Å². The molecular formula is C20H42NO5S2+. The van der Waals surface area contributed by atoms with Gasteiger partial charge in [0.15, 0.2) is 0 Å². The zero-order valence-electron chi connectivity index (χ0n) is 17.4. The molecule has 8 heteroatoms. The fourth-order valence-corrected chi connectivity index (χ4v) is 3.84. The Labute approximate surface area is 182 Å². The molecule has 0 amide bonds. The molecule has 1 heterocycles. The van der Waals surface area contributed by atoms with Crippen LogP contribution < -0.4 is 4.90 Å². The van der Waals surface area contributed by atoms with Crippen LogP contribution >= 0.6 is 25.3 Å². The van der Waals surface area contributed by atoms with Gasteiger partial charge in [-0.05, 0) is 31.4 Å². The number of unbranched alkanes of at least 4 members (excludes halogenated alkanes) is 2. The fraction of sp³-hybridized carbons (Fsp3) is 1.00. The van der Waals surface area contributed by atoms with Crippen LogP contribution in [0.4, 0.5) is 0 Å². The van der Waals surface area contributed by atoms with E-state index in [2.05, 4.69) is 25.3 Å². The van der Waals surface area contributed by atoms with Gasteiger partial charge in [0.1, 0.15) is 13.1 Å². The van der Waals surface area contributed by atoms with Crippen LogP contribution in [0.15, 0.2) is 0 Å². The van der Waals surface area contributed by atoms with E-state index in [-0.39, 0.29) is 0 Å². The predicted octanol–water partition coefficient (Wildman–Crippen LogP) is 1.15. The first-order chi connectivity index (χ1) is 13.8. The third-order valence-electron chi connectivity index (χ3n) is 4.72. The van der Waals surface area contributed by atoms with Crippen molar-refractivity contribution in [3.8, 4) is 0 Å². The molecule has 0 bridgehead atoms. The van der Waals surface area contributed by atoms with Crippen molar-refractivity contribution in [2.45, 2.75) is 37.4 Å². The molecule has 1 saturated heterocycles. The Morgan fingerprint density at radius 1 is 0.607 bits per heavy atom. The van der Waals surface area contributed by atoms with Crippen molar-refractivity contribution in [3.05, 3.63) is 0 Å². The normalized spacial score (nSPS) is 21.6. The Hall–Kier alpha value is 0.460. The van der Waals surface area contributed by atoms with Gasteiger partial charge in [-0.1, -0.05) is 6.42 Å². The van der Waals surface area contributed by atoms with Crippen molar-refractivity contribution < 1.29 is 28.6 Å². The van der Waals surface area contributed by atoms with E-state index in [1.54, 1.807) is 4.90 Å². The highest BCUT2D eigenvalue weighted by Gasteiger charge is 2.09. The summed E-state index contributed by atoms with van der Waals surface area (Å²) in [7, 11) is 0.